The molecule has 0 aliphatic carbocycles. The molecule has 0 spiro atoms. The highest BCUT2D eigenvalue weighted by Gasteiger charge is 2.00. The lowest BCUT2D eigenvalue weighted by molar-refractivity contribution is 0.170. The van der Waals surface area contributed by atoms with Gasteiger partial charge in [0.25, 0.3) is 0 Å². The van der Waals surface area contributed by atoms with Crippen molar-refractivity contribution in [3.8, 4) is 0 Å². The van der Waals surface area contributed by atoms with Crippen LogP contribution in [0.2, 0.25) is 0 Å². The zero-order valence-electron chi connectivity index (χ0n) is 9.36. The number of hydrogen-bond donors (Lipinski definition) is 2. The molecule has 0 atom stereocenters. The molecule has 0 aromatic heterocycles. The number of carbonyl (C=O) groups excluding carboxylic acids is 1. The first-order valence-electron chi connectivity index (χ1n) is 4.83. The van der Waals surface area contributed by atoms with Crippen LogP contribution in [-0.2, 0) is 11.3 Å². The summed E-state index contributed by atoms with van der Waals surface area (Å²) in [7, 11) is 1.33. The van der Waals surface area contributed by atoms with Crippen LogP contribution in [-0.4, -0.2) is 18.9 Å². The minimum atomic E-state index is -0.441. The van der Waals surface area contributed by atoms with Crippen molar-refractivity contribution in [1.29, 1.82) is 0 Å². The Morgan fingerprint density at radius 1 is 1.44 bits per heavy atom. The van der Waals surface area contributed by atoms with E-state index in [0.29, 0.717) is 6.54 Å². The number of benzene rings is 1. The highest BCUT2D eigenvalue weighted by molar-refractivity contribution is 5.98. The molecule has 1 amide bonds. The summed E-state index contributed by atoms with van der Waals surface area (Å²) in [6.07, 6.45) is -0.441. The smallest absolute Gasteiger partial charge is 0.407 e. The maximum absolute atomic E-state index is 10.8. The molecule has 3 N–H and O–H groups in total. The predicted molar refractivity (Wildman–Crippen MR) is 62.1 cm³/mol. The lowest BCUT2D eigenvalue weighted by Gasteiger charge is -2.05. The van der Waals surface area contributed by atoms with Gasteiger partial charge in [0.1, 0.15) is 0 Å². The Labute approximate surface area is 94.3 Å². The third kappa shape index (κ3) is 3.27. The molecule has 0 unspecified atom stereocenters. The largest absolute Gasteiger partial charge is 0.453 e. The number of nitrogens with zero attached hydrogens (tertiary/aromatic N) is 1. The van der Waals surface area contributed by atoms with Crippen molar-refractivity contribution in [2.24, 2.45) is 10.9 Å². The van der Waals surface area contributed by atoms with Crippen molar-refractivity contribution in [2.75, 3.05) is 7.11 Å². The summed E-state index contributed by atoms with van der Waals surface area (Å²) in [5.41, 5.74) is 2.72. The van der Waals surface area contributed by atoms with Crippen molar-refractivity contribution in [2.45, 2.75) is 13.5 Å². The van der Waals surface area contributed by atoms with Gasteiger partial charge in [-0.1, -0.05) is 24.3 Å². The maximum atomic E-state index is 10.8. The molecule has 0 bridgehead atoms. The van der Waals surface area contributed by atoms with E-state index in [1.807, 2.05) is 31.2 Å². The topological polar surface area (TPSA) is 76.7 Å². The number of carbonyl (C=O) groups is 1. The number of nitrogens with two attached hydrogens (primary N) is 1. The third-order valence-corrected chi connectivity index (χ3v) is 2.19. The van der Waals surface area contributed by atoms with Gasteiger partial charge >= 0.3 is 6.09 Å². The molecular formula is C11H15N3O2. The van der Waals surface area contributed by atoms with Gasteiger partial charge in [0.15, 0.2) is 0 Å². The van der Waals surface area contributed by atoms with E-state index in [-0.39, 0.29) is 0 Å². The number of amides is 1. The minimum absolute atomic E-state index is 0.436. The maximum Gasteiger partial charge on any atom is 0.407 e. The van der Waals surface area contributed by atoms with Gasteiger partial charge in [-0.3, -0.25) is 0 Å². The zero-order chi connectivity index (χ0) is 12.0. The fourth-order valence-corrected chi connectivity index (χ4v) is 1.18. The zero-order valence-corrected chi connectivity index (χ0v) is 9.36. The average molecular weight is 221 g/mol. The van der Waals surface area contributed by atoms with Crippen LogP contribution in [0.4, 0.5) is 4.79 Å². The Morgan fingerprint density at radius 3 is 2.56 bits per heavy atom. The van der Waals surface area contributed by atoms with E-state index < -0.39 is 6.09 Å². The minimum Gasteiger partial charge on any atom is -0.453 e. The Balaban J connectivity index is 2.61. The molecule has 0 aliphatic rings. The third-order valence-electron chi connectivity index (χ3n) is 2.19. The SMILES string of the molecule is COC(=O)NCc1ccc(C(C)=NN)cc1. The summed E-state index contributed by atoms with van der Waals surface area (Å²) in [6.45, 7) is 2.27. The monoisotopic (exact) mass is 221 g/mol. The molecule has 1 aromatic carbocycles. The van der Waals surface area contributed by atoms with E-state index in [0.717, 1.165) is 16.8 Å². The lowest BCUT2D eigenvalue weighted by Crippen LogP contribution is -2.22. The molecule has 0 saturated heterocycles. The van der Waals surface area contributed by atoms with Crippen LogP contribution in [0.25, 0.3) is 0 Å². The number of ether oxygens (including phenoxy) is 1. The van der Waals surface area contributed by atoms with Crippen LogP contribution >= 0.6 is 0 Å². The quantitative estimate of drug-likeness (QED) is 0.458. The van der Waals surface area contributed by atoms with E-state index in [1.165, 1.54) is 7.11 Å². The van der Waals surface area contributed by atoms with Crippen LogP contribution < -0.4 is 11.2 Å². The van der Waals surface area contributed by atoms with E-state index in [2.05, 4.69) is 15.2 Å². The second-order valence-corrected chi connectivity index (χ2v) is 3.26. The summed E-state index contributed by atoms with van der Waals surface area (Å²) in [5, 5.41) is 6.20. The van der Waals surface area contributed by atoms with Gasteiger partial charge in [0, 0.05) is 6.54 Å². The van der Waals surface area contributed by atoms with Gasteiger partial charge in [0.05, 0.1) is 12.8 Å². The van der Waals surface area contributed by atoms with Crippen LogP contribution in [0.5, 0.6) is 0 Å². The van der Waals surface area contributed by atoms with E-state index >= 15 is 0 Å². The molecular weight excluding hydrogens is 206 g/mol. The van der Waals surface area contributed by atoms with Gasteiger partial charge in [-0.15, -0.1) is 0 Å². The van der Waals surface area contributed by atoms with Crippen molar-refractivity contribution in [3.05, 3.63) is 35.4 Å². The molecule has 16 heavy (non-hydrogen) atoms. The van der Waals surface area contributed by atoms with Crippen LogP contribution in [0.3, 0.4) is 0 Å². The molecule has 1 aromatic rings. The highest BCUT2D eigenvalue weighted by atomic mass is 16.5. The normalized spacial score (nSPS) is 11.0. The van der Waals surface area contributed by atoms with Gasteiger partial charge in [-0.05, 0) is 18.1 Å². The molecule has 0 fully saturated rings. The van der Waals surface area contributed by atoms with Crippen LogP contribution in [0.15, 0.2) is 29.4 Å². The van der Waals surface area contributed by atoms with Crippen LogP contribution in [0.1, 0.15) is 18.1 Å². The van der Waals surface area contributed by atoms with E-state index in [4.69, 9.17) is 5.84 Å². The Hall–Kier alpha value is -2.04. The number of hydrazone groups is 1. The van der Waals surface area contributed by atoms with Gasteiger partial charge in [-0.2, -0.15) is 5.10 Å². The lowest BCUT2D eigenvalue weighted by atomic mass is 10.1. The molecule has 5 nitrogen and oxygen atoms in total. The Morgan fingerprint density at radius 2 is 2.06 bits per heavy atom. The van der Waals surface area contributed by atoms with Crippen LogP contribution in [0, 0.1) is 0 Å². The van der Waals surface area contributed by atoms with Crippen molar-refractivity contribution in [3.63, 3.8) is 0 Å². The fraction of sp³-hybridized carbons (Fsp3) is 0.273. The van der Waals surface area contributed by atoms with E-state index in [1.54, 1.807) is 0 Å². The van der Waals surface area contributed by atoms with Crippen molar-refractivity contribution >= 4 is 11.8 Å². The van der Waals surface area contributed by atoms with Gasteiger partial charge in [-0.25, -0.2) is 4.79 Å². The summed E-state index contributed by atoms with van der Waals surface area (Å²) >= 11 is 0. The second-order valence-electron chi connectivity index (χ2n) is 3.26. The summed E-state index contributed by atoms with van der Waals surface area (Å²) in [4.78, 5) is 10.8. The molecule has 86 valence electrons. The first-order valence-corrected chi connectivity index (χ1v) is 4.83. The number of nitrogens with one attached hydrogen (secondary N) is 1. The fourth-order valence-electron chi connectivity index (χ4n) is 1.18. The van der Waals surface area contributed by atoms with Crippen molar-refractivity contribution < 1.29 is 9.53 Å². The summed E-state index contributed by atoms with van der Waals surface area (Å²) < 4.78 is 4.47. The van der Waals surface area contributed by atoms with Gasteiger partial charge in [0.2, 0.25) is 0 Å². The molecule has 0 radical (unpaired) electrons. The first kappa shape index (κ1) is 12.0. The number of alkyl carbamates (subject to hydrolysis) is 1. The Bertz CT molecular complexity index is 385. The molecule has 0 aliphatic heterocycles. The molecule has 1 rings (SSSR count). The summed E-state index contributed by atoms with van der Waals surface area (Å²) in [6, 6.07) is 7.61. The first-order chi connectivity index (χ1) is 7.67. The predicted octanol–water partition coefficient (Wildman–Crippen LogP) is 1.23. The van der Waals surface area contributed by atoms with Gasteiger partial charge < -0.3 is 15.9 Å². The number of rotatable bonds is 3. The number of hydrogen-bond acceptors (Lipinski definition) is 4. The molecule has 0 heterocycles. The standard InChI is InChI=1S/C11H15N3O2/c1-8(14-12)10-5-3-9(4-6-10)7-13-11(15)16-2/h3-6H,7,12H2,1-2H3,(H,13,15). The van der Waals surface area contributed by atoms with E-state index in [9.17, 15) is 4.79 Å². The van der Waals surface area contributed by atoms with Crippen molar-refractivity contribution in [1.82, 2.24) is 5.32 Å². The highest BCUT2D eigenvalue weighted by Crippen LogP contribution is 2.05. The second kappa shape index (κ2) is 5.75. The summed E-state index contributed by atoms with van der Waals surface area (Å²) in [5.74, 6) is 5.17. The average Bonchev–Trinajstić information content (AvgIpc) is 2.35. The molecule has 0 saturated carbocycles. The molecule has 5 heteroatoms. The Kier molecular flexibility index (Phi) is 4.32. The number of methoxy groups -OCH3 is 1.